The first-order valence-electron chi connectivity index (χ1n) is 8.58. The summed E-state index contributed by atoms with van der Waals surface area (Å²) in [5.41, 5.74) is 8.55. The van der Waals surface area contributed by atoms with Gasteiger partial charge in [-0.2, -0.15) is 0 Å². The topological polar surface area (TPSA) is 67.6 Å². The molecule has 0 aromatic heterocycles. The number of hydrogen-bond acceptors (Lipinski definition) is 4. The number of methoxy groups -OCH3 is 1. The van der Waals surface area contributed by atoms with Gasteiger partial charge >= 0.3 is 0 Å². The third kappa shape index (κ3) is 4.59. The number of carbonyl (C=O) groups excluding carboxylic acids is 1. The second kappa shape index (κ2) is 8.14. The Hall–Kier alpha value is -2.37. The maximum atomic E-state index is 12.3. The molecule has 0 saturated carbocycles. The quantitative estimate of drug-likeness (QED) is 0.841. The fourth-order valence-corrected chi connectivity index (χ4v) is 3.34. The highest BCUT2D eigenvalue weighted by Gasteiger charge is 2.31. The summed E-state index contributed by atoms with van der Waals surface area (Å²) in [6, 6.07) is 18.1. The highest BCUT2D eigenvalue weighted by molar-refractivity contribution is 5.78. The molecule has 1 amide bonds. The molecule has 0 aliphatic carbocycles. The van der Waals surface area contributed by atoms with Crippen LogP contribution in [0.15, 0.2) is 54.6 Å². The average molecular weight is 339 g/mol. The van der Waals surface area contributed by atoms with E-state index in [1.807, 2.05) is 42.5 Å². The Morgan fingerprint density at radius 2 is 2.00 bits per heavy atom. The van der Waals surface area contributed by atoms with E-state index in [0.717, 1.165) is 24.4 Å². The third-order valence-corrected chi connectivity index (χ3v) is 4.66. The zero-order valence-corrected chi connectivity index (χ0v) is 14.5. The molecular formula is C20H25N3O2. The molecule has 2 atom stereocenters. The number of nitrogens with two attached hydrogens (primary N) is 1. The van der Waals surface area contributed by atoms with Gasteiger partial charge in [0, 0.05) is 31.6 Å². The van der Waals surface area contributed by atoms with Crippen LogP contribution in [0.2, 0.25) is 0 Å². The number of rotatable bonds is 6. The molecular weight excluding hydrogens is 314 g/mol. The Labute approximate surface area is 148 Å². The third-order valence-electron chi connectivity index (χ3n) is 4.66. The van der Waals surface area contributed by atoms with Crippen molar-refractivity contribution in [3.05, 3.63) is 65.7 Å². The summed E-state index contributed by atoms with van der Waals surface area (Å²) in [5.74, 6) is 1.10. The summed E-state index contributed by atoms with van der Waals surface area (Å²) in [6.45, 7) is 2.43. The van der Waals surface area contributed by atoms with Crippen molar-refractivity contribution in [2.75, 3.05) is 26.7 Å². The molecule has 1 fully saturated rings. The normalized spacial score (nSPS) is 20.4. The Balaban J connectivity index is 1.50. The predicted molar refractivity (Wildman–Crippen MR) is 98.4 cm³/mol. The van der Waals surface area contributed by atoms with Crippen molar-refractivity contribution in [3.63, 3.8) is 0 Å². The van der Waals surface area contributed by atoms with Gasteiger partial charge < -0.3 is 15.8 Å². The van der Waals surface area contributed by atoms with E-state index in [1.165, 1.54) is 5.56 Å². The standard InChI is InChI=1S/C20H25N3O2/c1-25-17-9-5-6-15(10-17)11-22-20(24)14-23-12-18(19(21)13-23)16-7-3-2-4-8-16/h2-10,18-19H,11-14,21H2,1H3,(H,22,24)/t18-,19+/m0/s1. The van der Waals surface area contributed by atoms with E-state index in [2.05, 4.69) is 22.3 Å². The van der Waals surface area contributed by atoms with Gasteiger partial charge in [-0.25, -0.2) is 0 Å². The smallest absolute Gasteiger partial charge is 0.234 e. The van der Waals surface area contributed by atoms with Crippen molar-refractivity contribution in [1.29, 1.82) is 0 Å². The van der Waals surface area contributed by atoms with Crippen molar-refractivity contribution in [3.8, 4) is 5.75 Å². The largest absolute Gasteiger partial charge is 0.497 e. The van der Waals surface area contributed by atoms with E-state index >= 15 is 0 Å². The summed E-state index contributed by atoms with van der Waals surface area (Å²) in [6.07, 6.45) is 0. The lowest BCUT2D eigenvalue weighted by atomic mass is 9.95. The number of benzene rings is 2. The van der Waals surface area contributed by atoms with Crippen LogP contribution < -0.4 is 15.8 Å². The van der Waals surface area contributed by atoms with Crippen molar-refractivity contribution in [2.45, 2.75) is 18.5 Å². The summed E-state index contributed by atoms with van der Waals surface area (Å²) >= 11 is 0. The molecule has 1 saturated heterocycles. The van der Waals surface area contributed by atoms with Crippen molar-refractivity contribution in [2.24, 2.45) is 5.73 Å². The van der Waals surface area contributed by atoms with E-state index < -0.39 is 0 Å². The number of likely N-dealkylation sites (tertiary alicyclic amines) is 1. The first-order chi connectivity index (χ1) is 12.2. The fraction of sp³-hybridized carbons (Fsp3) is 0.350. The van der Waals surface area contributed by atoms with E-state index in [9.17, 15) is 4.79 Å². The number of carbonyl (C=O) groups is 1. The van der Waals surface area contributed by atoms with Gasteiger partial charge in [0.05, 0.1) is 13.7 Å². The molecule has 2 aromatic carbocycles. The molecule has 0 bridgehead atoms. The van der Waals surface area contributed by atoms with Gasteiger partial charge in [0.15, 0.2) is 0 Å². The van der Waals surface area contributed by atoms with Crippen LogP contribution in [0, 0.1) is 0 Å². The van der Waals surface area contributed by atoms with E-state index in [1.54, 1.807) is 7.11 Å². The summed E-state index contributed by atoms with van der Waals surface area (Å²) in [5, 5.41) is 2.97. The van der Waals surface area contributed by atoms with Gasteiger partial charge in [0.2, 0.25) is 5.91 Å². The van der Waals surface area contributed by atoms with Gasteiger partial charge in [-0.05, 0) is 23.3 Å². The van der Waals surface area contributed by atoms with Crippen LogP contribution in [0.5, 0.6) is 5.75 Å². The second-order valence-electron chi connectivity index (χ2n) is 6.50. The minimum atomic E-state index is 0.0173. The average Bonchev–Trinajstić information content (AvgIpc) is 3.01. The zero-order valence-electron chi connectivity index (χ0n) is 14.5. The van der Waals surface area contributed by atoms with Crippen molar-refractivity contribution in [1.82, 2.24) is 10.2 Å². The lowest BCUT2D eigenvalue weighted by Gasteiger charge is -2.16. The number of hydrogen-bond donors (Lipinski definition) is 2. The lowest BCUT2D eigenvalue weighted by Crippen LogP contribution is -2.37. The zero-order chi connectivity index (χ0) is 17.6. The first kappa shape index (κ1) is 17.5. The minimum Gasteiger partial charge on any atom is -0.497 e. The van der Waals surface area contributed by atoms with E-state index in [4.69, 9.17) is 10.5 Å². The van der Waals surface area contributed by atoms with Crippen molar-refractivity contribution < 1.29 is 9.53 Å². The highest BCUT2D eigenvalue weighted by atomic mass is 16.5. The van der Waals surface area contributed by atoms with Gasteiger partial charge in [-0.15, -0.1) is 0 Å². The molecule has 25 heavy (non-hydrogen) atoms. The first-order valence-corrected chi connectivity index (χ1v) is 8.58. The van der Waals surface area contributed by atoms with Gasteiger partial charge in [-0.1, -0.05) is 42.5 Å². The Kier molecular flexibility index (Phi) is 5.68. The van der Waals surface area contributed by atoms with Gasteiger partial charge in [-0.3, -0.25) is 9.69 Å². The SMILES string of the molecule is COc1cccc(CNC(=O)CN2C[C@@H](N)[C@H](c3ccccc3)C2)c1. The molecule has 1 heterocycles. The van der Waals surface area contributed by atoms with Crippen LogP contribution >= 0.6 is 0 Å². The maximum absolute atomic E-state index is 12.3. The monoisotopic (exact) mass is 339 g/mol. The Morgan fingerprint density at radius 3 is 2.76 bits per heavy atom. The number of amides is 1. The molecule has 3 N–H and O–H groups in total. The molecule has 3 rings (SSSR count). The number of ether oxygens (including phenoxy) is 1. The Bertz CT molecular complexity index is 705. The molecule has 5 nitrogen and oxygen atoms in total. The summed E-state index contributed by atoms with van der Waals surface area (Å²) in [7, 11) is 1.64. The lowest BCUT2D eigenvalue weighted by molar-refractivity contribution is -0.122. The van der Waals surface area contributed by atoms with Crippen LogP contribution in [0.25, 0.3) is 0 Å². The van der Waals surface area contributed by atoms with E-state index in [-0.39, 0.29) is 17.9 Å². The molecule has 5 heteroatoms. The molecule has 0 unspecified atom stereocenters. The molecule has 0 spiro atoms. The summed E-state index contributed by atoms with van der Waals surface area (Å²) < 4.78 is 5.20. The number of nitrogens with one attached hydrogen (secondary N) is 1. The van der Waals surface area contributed by atoms with E-state index in [0.29, 0.717) is 13.1 Å². The minimum absolute atomic E-state index is 0.0173. The van der Waals surface area contributed by atoms with Crippen LogP contribution in [-0.4, -0.2) is 43.6 Å². The second-order valence-corrected chi connectivity index (χ2v) is 6.50. The molecule has 1 aliphatic heterocycles. The van der Waals surface area contributed by atoms with Gasteiger partial charge in [0.25, 0.3) is 0 Å². The Morgan fingerprint density at radius 1 is 1.20 bits per heavy atom. The molecule has 2 aromatic rings. The van der Waals surface area contributed by atoms with Crippen LogP contribution in [0.3, 0.4) is 0 Å². The van der Waals surface area contributed by atoms with Crippen LogP contribution in [-0.2, 0) is 11.3 Å². The summed E-state index contributed by atoms with van der Waals surface area (Å²) in [4.78, 5) is 14.4. The highest BCUT2D eigenvalue weighted by Crippen LogP contribution is 2.25. The van der Waals surface area contributed by atoms with Gasteiger partial charge in [0.1, 0.15) is 5.75 Å². The predicted octanol–water partition coefficient (Wildman–Crippen LogP) is 1.74. The molecule has 132 valence electrons. The van der Waals surface area contributed by atoms with Crippen LogP contribution in [0.1, 0.15) is 17.0 Å². The van der Waals surface area contributed by atoms with Crippen LogP contribution in [0.4, 0.5) is 0 Å². The van der Waals surface area contributed by atoms with Crippen molar-refractivity contribution >= 4 is 5.91 Å². The number of nitrogens with zero attached hydrogens (tertiary/aromatic N) is 1. The molecule has 1 aliphatic rings. The molecule has 0 radical (unpaired) electrons. The fourth-order valence-electron chi connectivity index (χ4n) is 3.34. The maximum Gasteiger partial charge on any atom is 0.234 e.